The van der Waals surface area contributed by atoms with Crippen molar-refractivity contribution in [1.29, 1.82) is 0 Å². The molecule has 0 unspecified atom stereocenters. The van der Waals surface area contributed by atoms with Gasteiger partial charge in [-0.15, -0.1) is 0 Å². The van der Waals surface area contributed by atoms with Gasteiger partial charge in [-0.1, -0.05) is 37.7 Å². The van der Waals surface area contributed by atoms with Gasteiger partial charge in [-0.2, -0.15) is 0 Å². The number of rotatable bonds is 5. The normalized spacial score (nSPS) is 13.3. The maximum atomic E-state index is 12.8. The third-order valence-electron chi connectivity index (χ3n) is 5.24. The van der Waals surface area contributed by atoms with Crippen molar-refractivity contribution >= 4 is 29.2 Å². The molecule has 2 aromatic heterocycles. The summed E-state index contributed by atoms with van der Waals surface area (Å²) >= 11 is 1.55. The molecule has 0 bridgehead atoms. The lowest BCUT2D eigenvalue weighted by Gasteiger charge is -2.29. The van der Waals surface area contributed by atoms with E-state index in [0.29, 0.717) is 18.0 Å². The van der Waals surface area contributed by atoms with Crippen LogP contribution in [0.4, 0.5) is 11.5 Å². The Morgan fingerprint density at radius 2 is 2.07 bits per heavy atom. The van der Waals surface area contributed by atoms with Gasteiger partial charge in [-0.3, -0.25) is 4.79 Å². The van der Waals surface area contributed by atoms with E-state index >= 15 is 0 Å². The number of anilines is 2. The van der Waals surface area contributed by atoms with E-state index < -0.39 is 0 Å². The predicted molar refractivity (Wildman–Crippen MR) is 121 cm³/mol. The molecule has 0 fully saturated rings. The van der Waals surface area contributed by atoms with Crippen LogP contribution in [0, 0.1) is 0 Å². The Balaban J connectivity index is 1.50. The average molecular weight is 420 g/mol. The highest BCUT2D eigenvalue weighted by molar-refractivity contribution is 7.98. The number of thioether (sulfide) groups is 1. The third-order valence-corrected chi connectivity index (χ3v) is 5.80. The standard InChI is InChI=1S/C23H25N5OS/c1-15(2)16-5-4-6-19(11-16)26-22(29)17-7-9-24-21(12-17)28-10-8-20-18(14-28)13-25-23(27-20)30-3/h4-7,9,11-13,15H,8,10,14H2,1-3H3,(H,26,29). The molecular formula is C23H25N5OS. The van der Waals surface area contributed by atoms with E-state index in [9.17, 15) is 4.79 Å². The summed E-state index contributed by atoms with van der Waals surface area (Å²) < 4.78 is 0. The van der Waals surface area contributed by atoms with Crippen LogP contribution >= 0.6 is 11.8 Å². The van der Waals surface area contributed by atoms with Crippen molar-refractivity contribution < 1.29 is 4.79 Å². The first-order chi connectivity index (χ1) is 14.5. The molecule has 7 heteroatoms. The van der Waals surface area contributed by atoms with E-state index in [0.717, 1.165) is 40.9 Å². The van der Waals surface area contributed by atoms with Crippen LogP contribution in [0.25, 0.3) is 0 Å². The van der Waals surface area contributed by atoms with Crippen molar-refractivity contribution in [3.63, 3.8) is 0 Å². The van der Waals surface area contributed by atoms with Crippen LogP contribution < -0.4 is 10.2 Å². The molecule has 154 valence electrons. The van der Waals surface area contributed by atoms with Crippen molar-refractivity contribution in [3.05, 3.63) is 71.2 Å². The van der Waals surface area contributed by atoms with Crippen LogP contribution in [0.3, 0.4) is 0 Å². The number of nitrogens with one attached hydrogen (secondary N) is 1. The molecule has 4 rings (SSSR count). The molecular weight excluding hydrogens is 394 g/mol. The largest absolute Gasteiger partial charge is 0.352 e. The summed E-state index contributed by atoms with van der Waals surface area (Å²) in [5.41, 5.74) is 4.81. The molecule has 0 saturated heterocycles. The second-order valence-electron chi connectivity index (χ2n) is 7.64. The van der Waals surface area contributed by atoms with Crippen LogP contribution in [-0.4, -0.2) is 33.7 Å². The Labute approximate surface area is 181 Å². The summed E-state index contributed by atoms with van der Waals surface area (Å²) in [5.74, 6) is 1.07. The highest BCUT2D eigenvalue weighted by Gasteiger charge is 2.20. The highest BCUT2D eigenvalue weighted by atomic mass is 32.2. The summed E-state index contributed by atoms with van der Waals surface area (Å²) in [4.78, 5) is 28.5. The SMILES string of the molecule is CSc1ncc2c(n1)CCN(c1cc(C(=O)Nc3cccc(C(C)C)c3)ccn1)C2. The van der Waals surface area contributed by atoms with Gasteiger partial charge in [-0.05, 0) is 42.0 Å². The quantitative estimate of drug-likeness (QED) is 0.484. The van der Waals surface area contributed by atoms with E-state index in [2.05, 4.69) is 45.1 Å². The zero-order valence-corrected chi connectivity index (χ0v) is 18.2. The second-order valence-corrected chi connectivity index (χ2v) is 8.41. The van der Waals surface area contributed by atoms with Crippen LogP contribution in [0.2, 0.25) is 0 Å². The lowest BCUT2D eigenvalue weighted by atomic mass is 10.0. The number of amides is 1. The topological polar surface area (TPSA) is 71.0 Å². The number of nitrogens with zero attached hydrogens (tertiary/aromatic N) is 4. The van der Waals surface area contributed by atoms with Gasteiger partial charge < -0.3 is 10.2 Å². The number of carbonyl (C=O) groups is 1. The van der Waals surface area contributed by atoms with Crippen LogP contribution in [0.15, 0.2) is 53.9 Å². The molecule has 0 atom stereocenters. The van der Waals surface area contributed by atoms with E-state index in [1.807, 2.05) is 36.7 Å². The number of benzene rings is 1. The minimum absolute atomic E-state index is 0.134. The van der Waals surface area contributed by atoms with Gasteiger partial charge in [0.1, 0.15) is 5.82 Å². The zero-order valence-electron chi connectivity index (χ0n) is 17.4. The molecule has 1 aliphatic heterocycles. The monoisotopic (exact) mass is 419 g/mol. The van der Waals surface area contributed by atoms with Gasteiger partial charge in [0, 0.05) is 48.7 Å². The Morgan fingerprint density at radius 1 is 1.20 bits per heavy atom. The lowest BCUT2D eigenvalue weighted by molar-refractivity contribution is 0.102. The first kappa shape index (κ1) is 20.3. The van der Waals surface area contributed by atoms with Crippen molar-refractivity contribution in [2.75, 3.05) is 23.0 Å². The smallest absolute Gasteiger partial charge is 0.255 e. The molecule has 1 aliphatic rings. The lowest BCUT2D eigenvalue weighted by Crippen LogP contribution is -2.32. The predicted octanol–water partition coefficient (Wildman–Crippen LogP) is 4.53. The Morgan fingerprint density at radius 3 is 2.87 bits per heavy atom. The second kappa shape index (κ2) is 8.83. The molecule has 3 heterocycles. The van der Waals surface area contributed by atoms with Crippen LogP contribution in [0.5, 0.6) is 0 Å². The molecule has 6 nitrogen and oxygen atoms in total. The maximum Gasteiger partial charge on any atom is 0.255 e. The van der Waals surface area contributed by atoms with Crippen molar-refractivity contribution in [1.82, 2.24) is 15.0 Å². The fourth-order valence-corrected chi connectivity index (χ4v) is 3.86. The maximum absolute atomic E-state index is 12.8. The fraction of sp³-hybridized carbons (Fsp3) is 0.304. The molecule has 30 heavy (non-hydrogen) atoms. The third kappa shape index (κ3) is 4.46. The van der Waals surface area contributed by atoms with E-state index in [1.165, 1.54) is 5.56 Å². The summed E-state index contributed by atoms with van der Waals surface area (Å²) in [7, 11) is 0. The summed E-state index contributed by atoms with van der Waals surface area (Å²) in [5, 5.41) is 3.81. The summed E-state index contributed by atoms with van der Waals surface area (Å²) in [6.07, 6.45) is 6.41. The molecule has 1 N–H and O–H groups in total. The molecule has 0 saturated carbocycles. The summed E-state index contributed by atoms with van der Waals surface area (Å²) in [6, 6.07) is 11.6. The van der Waals surface area contributed by atoms with E-state index in [4.69, 9.17) is 0 Å². The number of aromatic nitrogens is 3. The van der Waals surface area contributed by atoms with E-state index in [-0.39, 0.29) is 5.91 Å². The van der Waals surface area contributed by atoms with Crippen LogP contribution in [-0.2, 0) is 13.0 Å². The Bertz CT molecular complexity index is 1070. The molecule has 0 aliphatic carbocycles. The molecule has 3 aromatic rings. The zero-order chi connectivity index (χ0) is 21.1. The fourth-order valence-electron chi connectivity index (χ4n) is 3.50. The van der Waals surface area contributed by atoms with Gasteiger partial charge in [0.15, 0.2) is 5.16 Å². The van der Waals surface area contributed by atoms with Gasteiger partial charge in [-0.25, -0.2) is 15.0 Å². The molecule has 1 aromatic carbocycles. The number of hydrogen-bond acceptors (Lipinski definition) is 6. The Kier molecular flexibility index (Phi) is 5.99. The average Bonchev–Trinajstić information content (AvgIpc) is 2.78. The number of carbonyl (C=O) groups excluding carboxylic acids is 1. The van der Waals surface area contributed by atoms with E-state index in [1.54, 1.807) is 24.0 Å². The number of fused-ring (bicyclic) bond motifs is 1. The molecule has 1 amide bonds. The molecule has 0 spiro atoms. The first-order valence-corrected chi connectivity index (χ1v) is 11.3. The summed E-state index contributed by atoms with van der Waals surface area (Å²) in [6.45, 7) is 5.78. The minimum atomic E-state index is -0.134. The van der Waals surface area contributed by atoms with Gasteiger partial charge in [0.2, 0.25) is 0 Å². The van der Waals surface area contributed by atoms with Crippen molar-refractivity contribution in [3.8, 4) is 0 Å². The first-order valence-electron chi connectivity index (χ1n) is 10.0. The van der Waals surface area contributed by atoms with Crippen molar-refractivity contribution in [2.24, 2.45) is 0 Å². The minimum Gasteiger partial charge on any atom is -0.352 e. The molecule has 0 radical (unpaired) electrons. The Hall–Kier alpha value is -2.93. The van der Waals surface area contributed by atoms with Crippen molar-refractivity contribution in [2.45, 2.75) is 37.9 Å². The van der Waals surface area contributed by atoms with Gasteiger partial charge in [0.05, 0.1) is 5.69 Å². The van der Waals surface area contributed by atoms with Crippen LogP contribution in [0.1, 0.15) is 46.9 Å². The highest BCUT2D eigenvalue weighted by Crippen LogP contribution is 2.24. The number of pyridine rings is 1. The number of hydrogen-bond donors (Lipinski definition) is 1. The van der Waals surface area contributed by atoms with Gasteiger partial charge in [0.25, 0.3) is 5.91 Å². The van der Waals surface area contributed by atoms with Gasteiger partial charge >= 0.3 is 0 Å².